The Labute approximate surface area is 363 Å². The normalized spacial score (nSPS) is 12.5. The molecule has 0 aliphatic rings. The Hall–Kier alpha value is -3.52. The van der Waals surface area contributed by atoms with Gasteiger partial charge in [0.2, 0.25) is 0 Å². The molecule has 0 saturated heterocycles. The van der Waals surface area contributed by atoms with Gasteiger partial charge in [0.1, 0.15) is 0 Å². The minimum atomic E-state index is 0.472. The van der Waals surface area contributed by atoms with Crippen LogP contribution in [0.25, 0.3) is 0 Å². The van der Waals surface area contributed by atoms with Crippen LogP contribution in [0.2, 0.25) is 0 Å². The standard InChI is InChI=1S/C57H86N2/c1-3-5-7-26-30-56(52-40-44-54(58)45-41-52)50-36-32-48(33-37-50)28-24-22-20-18-16-14-12-10-9-11-13-15-17-19-21-23-25-29-49-34-38-51(39-35-49)57(31-27-8-6-4-2)53-42-46-55(59)47-43-53/h32-47,56-57H,3-31,58-59H2,1-2H3. The highest BCUT2D eigenvalue weighted by Gasteiger charge is 2.16. The number of benzene rings is 4. The van der Waals surface area contributed by atoms with Crippen LogP contribution in [0, 0.1) is 0 Å². The van der Waals surface area contributed by atoms with Crippen molar-refractivity contribution in [1.29, 1.82) is 0 Å². The summed E-state index contributed by atoms with van der Waals surface area (Å²) in [6.07, 6.45) is 39.2. The topological polar surface area (TPSA) is 52.0 Å². The van der Waals surface area contributed by atoms with Crippen LogP contribution >= 0.6 is 0 Å². The van der Waals surface area contributed by atoms with Crippen LogP contribution < -0.4 is 11.5 Å². The molecule has 0 heterocycles. The van der Waals surface area contributed by atoms with Gasteiger partial charge in [0.25, 0.3) is 0 Å². The van der Waals surface area contributed by atoms with Crippen molar-refractivity contribution in [3.8, 4) is 0 Å². The van der Waals surface area contributed by atoms with Gasteiger partial charge in [-0.05, 0) is 96.2 Å². The molecule has 0 aliphatic carbocycles. The summed E-state index contributed by atoms with van der Waals surface area (Å²) in [5.41, 5.74) is 22.4. The van der Waals surface area contributed by atoms with Gasteiger partial charge in [-0.15, -0.1) is 0 Å². The van der Waals surface area contributed by atoms with Crippen molar-refractivity contribution < 1.29 is 0 Å². The molecule has 4 aromatic rings. The molecule has 4 aromatic carbocycles. The molecule has 0 radical (unpaired) electrons. The summed E-state index contributed by atoms with van der Waals surface area (Å²) in [6, 6.07) is 36.3. The van der Waals surface area contributed by atoms with Gasteiger partial charge < -0.3 is 11.5 Å². The summed E-state index contributed by atoms with van der Waals surface area (Å²) in [5.74, 6) is 0.944. The van der Waals surface area contributed by atoms with E-state index in [1.807, 2.05) is 0 Å². The van der Waals surface area contributed by atoms with Crippen LogP contribution in [0.15, 0.2) is 97.1 Å². The van der Waals surface area contributed by atoms with E-state index in [4.69, 9.17) is 11.5 Å². The van der Waals surface area contributed by atoms with Gasteiger partial charge in [0, 0.05) is 23.2 Å². The summed E-state index contributed by atoms with van der Waals surface area (Å²) in [4.78, 5) is 0. The molecule has 2 unspecified atom stereocenters. The first-order chi connectivity index (χ1) is 29.1. The summed E-state index contributed by atoms with van der Waals surface area (Å²) in [5, 5.41) is 0. The van der Waals surface area contributed by atoms with E-state index in [9.17, 15) is 0 Å². The first-order valence-corrected chi connectivity index (χ1v) is 25.0. The van der Waals surface area contributed by atoms with Gasteiger partial charge in [-0.1, -0.05) is 234 Å². The molecule has 0 fully saturated rings. The van der Waals surface area contributed by atoms with Crippen LogP contribution in [-0.4, -0.2) is 0 Å². The molecular weight excluding hydrogens is 713 g/mol. The van der Waals surface area contributed by atoms with Crippen molar-refractivity contribution >= 4 is 11.4 Å². The number of nitrogens with two attached hydrogens (primary N) is 2. The average molecular weight is 799 g/mol. The van der Waals surface area contributed by atoms with E-state index in [1.165, 1.54) is 220 Å². The van der Waals surface area contributed by atoms with E-state index in [0.29, 0.717) is 11.8 Å². The number of hydrogen-bond donors (Lipinski definition) is 2. The second-order valence-electron chi connectivity index (χ2n) is 18.1. The maximum atomic E-state index is 6.00. The fourth-order valence-corrected chi connectivity index (χ4v) is 9.20. The Morgan fingerprint density at radius 3 is 0.797 bits per heavy atom. The van der Waals surface area contributed by atoms with E-state index in [-0.39, 0.29) is 0 Å². The van der Waals surface area contributed by atoms with Gasteiger partial charge in [-0.2, -0.15) is 0 Å². The Balaban J connectivity index is 0.941. The fraction of sp³-hybridized carbons (Fsp3) is 0.579. The zero-order valence-corrected chi connectivity index (χ0v) is 38.1. The molecule has 0 saturated carbocycles. The summed E-state index contributed by atoms with van der Waals surface area (Å²) in [7, 11) is 0. The van der Waals surface area contributed by atoms with Crippen LogP contribution in [0.4, 0.5) is 11.4 Å². The van der Waals surface area contributed by atoms with Crippen molar-refractivity contribution in [3.63, 3.8) is 0 Å². The Morgan fingerprint density at radius 1 is 0.288 bits per heavy atom. The monoisotopic (exact) mass is 799 g/mol. The third kappa shape index (κ3) is 20.1. The van der Waals surface area contributed by atoms with E-state index in [1.54, 1.807) is 0 Å². The zero-order valence-electron chi connectivity index (χ0n) is 38.1. The summed E-state index contributed by atoms with van der Waals surface area (Å²) in [6.45, 7) is 4.58. The van der Waals surface area contributed by atoms with E-state index < -0.39 is 0 Å². The Morgan fingerprint density at radius 2 is 0.525 bits per heavy atom. The largest absolute Gasteiger partial charge is 0.399 e. The molecule has 0 amide bonds. The maximum absolute atomic E-state index is 6.00. The SMILES string of the molecule is CCCCCCC(c1ccc(N)cc1)c1ccc(CCCCCCCCCCCCCCCCCCCc2ccc(C(CCCCCC)c3ccc(N)cc3)cc2)cc1. The van der Waals surface area contributed by atoms with E-state index in [2.05, 4.69) is 111 Å². The van der Waals surface area contributed by atoms with Gasteiger partial charge in [0.05, 0.1) is 0 Å². The molecule has 4 rings (SSSR count). The second kappa shape index (κ2) is 30.5. The predicted molar refractivity (Wildman–Crippen MR) is 262 cm³/mol. The molecular formula is C57H86N2. The number of unbranched alkanes of at least 4 members (excludes halogenated alkanes) is 22. The predicted octanol–water partition coefficient (Wildman–Crippen LogP) is 17.5. The van der Waals surface area contributed by atoms with Crippen molar-refractivity contribution in [2.24, 2.45) is 0 Å². The molecule has 0 aliphatic heterocycles. The zero-order chi connectivity index (χ0) is 41.6. The molecule has 324 valence electrons. The molecule has 2 atom stereocenters. The quantitative estimate of drug-likeness (QED) is 0.0365. The van der Waals surface area contributed by atoms with Crippen LogP contribution in [-0.2, 0) is 12.8 Å². The summed E-state index contributed by atoms with van der Waals surface area (Å²) < 4.78 is 0. The first kappa shape index (κ1) is 48.1. The lowest BCUT2D eigenvalue weighted by Gasteiger charge is -2.19. The second-order valence-corrected chi connectivity index (χ2v) is 18.1. The van der Waals surface area contributed by atoms with Gasteiger partial charge in [-0.3, -0.25) is 0 Å². The summed E-state index contributed by atoms with van der Waals surface area (Å²) >= 11 is 0. The van der Waals surface area contributed by atoms with Gasteiger partial charge in [-0.25, -0.2) is 0 Å². The number of hydrogen-bond acceptors (Lipinski definition) is 2. The lowest BCUT2D eigenvalue weighted by molar-refractivity contribution is 0.525. The molecule has 0 spiro atoms. The minimum absolute atomic E-state index is 0.472. The van der Waals surface area contributed by atoms with Crippen LogP contribution in [0.5, 0.6) is 0 Å². The van der Waals surface area contributed by atoms with Crippen molar-refractivity contribution in [2.75, 3.05) is 11.5 Å². The highest BCUT2D eigenvalue weighted by Crippen LogP contribution is 2.33. The minimum Gasteiger partial charge on any atom is -0.399 e. The molecule has 0 aromatic heterocycles. The Kier molecular flexibility index (Phi) is 24.9. The van der Waals surface area contributed by atoms with Crippen molar-refractivity contribution in [2.45, 2.75) is 212 Å². The Bertz CT molecular complexity index is 1450. The van der Waals surface area contributed by atoms with Crippen LogP contribution in [0.1, 0.15) is 232 Å². The number of nitrogen functional groups attached to an aromatic ring is 2. The van der Waals surface area contributed by atoms with Gasteiger partial charge in [0.15, 0.2) is 0 Å². The lowest BCUT2D eigenvalue weighted by Crippen LogP contribution is -2.02. The molecule has 4 N–H and O–H groups in total. The number of aryl methyl sites for hydroxylation is 2. The van der Waals surface area contributed by atoms with E-state index >= 15 is 0 Å². The maximum Gasteiger partial charge on any atom is 0.0314 e. The third-order valence-electron chi connectivity index (χ3n) is 13.1. The molecule has 0 bridgehead atoms. The number of anilines is 2. The molecule has 59 heavy (non-hydrogen) atoms. The van der Waals surface area contributed by atoms with Gasteiger partial charge >= 0.3 is 0 Å². The first-order valence-electron chi connectivity index (χ1n) is 25.0. The average Bonchev–Trinajstić information content (AvgIpc) is 3.26. The molecule has 2 heteroatoms. The van der Waals surface area contributed by atoms with Crippen molar-refractivity contribution in [3.05, 3.63) is 130 Å². The number of rotatable bonds is 34. The van der Waals surface area contributed by atoms with E-state index in [0.717, 1.165) is 11.4 Å². The molecule has 2 nitrogen and oxygen atoms in total. The highest BCUT2D eigenvalue weighted by atomic mass is 14.5. The van der Waals surface area contributed by atoms with Crippen molar-refractivity contribution in [1.82, 2.24) is 0 Å². The third-order valence-corrected chi connectivity index (χ3v) is 13.1. The highest BCUT2D eigenvalue weighted by molar-refractivity contribution is 5.44. The fourth-order valence-electron chi connectivity index (χ4n) is 9.20. The van der Waals surface area contributed by atoms with Crippen LogP contribution in [0.3, 0.4) is 0 Å². The smallest absolute Gasteiger partial charge is 0.0314 e. The lowest BCUT2D eigenvalue weighted by atomic mass is 9.86.